The maximum Gasteiger partial charge on any atom is 0.265 e. The molecule has 0 saturated heterocycles. The van der Waals surface area contributed by atoms with Crippen molar-refractivity contribution in [2.45, 2.75) is 0 Å². The Kier molecular flexibility index (Phi) is 5.01. The molecule has 128 valence electrons. The van der Waals surface area contributed by atoms with E-state index in [2.05, 4.69) is 5.32 Å². The number of hydrogen-bond donors (Lipinski definition) is 1. The molecule has 0 bridgehead atoms. The number of anilines is 1. The molecule has 0 spiro atoms. The first kappa shape index (κ1) is 17.4. The molecule has 0 aliphatic carbocycles. The standard InChI is InChI=1S/C18H14ClFN2O2S/c1-22(10-15(23)21-12-5-3-2-4-6-12)18(24)17-16(19)13-8-7-11(20)9-14(13)25-17/h2-9H,10H2,1H3,(H,21,23). The highest BCUT2D eigenvalue weighted by atomic mass is 35.5. The summed E-state index contributed by atoms with van der Waals surface area (Å²) in [5, 5.41) is 3.62. The van der Waals surface area contributed by atoms with Gasteiger partial charge >= 0.3 is 0 Å². The van der Waals surface area contributed by atoms with E-state index in [1.807, 2.05) is 6.07 Å². The number of hydrogen-bond acceptors (Lipinski definition) is 3. The number of carbonyl (C=O) groups excluding carboxylic acids is 2. The number of amides is 2. The van der Waals surface area contributed by atoms with Crippen molar-refractivity contribution in [1.29, 1.82) is 0 Å². The summed E-state index contributed by atoms with van der Waals surface area (Å²) in [4.78, 5) is 26.2. The van der Waals surface area contributed by atoms with E-state index in [0.717, 1.165) is 11.3 Å². The van der Waals surface area contributed by atoms with E-state index in [9.17, 15) is 14.0 Å². The van der Waals surface area contributed by atoms with Crippen LogP contribution in [0.5, 0.6) is 0 Å². The van der Waals surface area contributed by atoms with Gasteiger partial charge in [-0.15, -0.1) is 11.3 Å². The predicted octanol–water partition coefficient (Wildman–Crippen LogP) is 4.40. The summed E-state index contributed by atoms with van der Waals surface area (Å²) in [6.07, 6.45) is 0. The van der Waals surface area contributed by atoms with E-state index >= 15 is 0 Å². The first-order valence-electron chi connectivity index (χ1n) is 7.43. The van der Waals surface area contributed by atoms with Crippen LogP contribution in [0.15, 0.2) is 48.5 Å². The Morgan fingerprint density at radius 1 is 1.20 bits per heavy atom. The highest BCUT2D eigenvalue weighted by molar-refractivity contribution is 7.21. The van der Waals surface area contributed by atoms with E-state index in [0.29, 0.717) is 15.8 Å². The van der Waals surface area contributed by atoms with Crippen molar-refractivity contribution in [1.82, 2.24) is 4.90 Å². The number of rotatable bonds is 4. The Labute approximate surface area is 152 Å². The smallest absolute Gasteiger partial charge is 0.265 e. The number of benzene rings is 2. The van der Waals surface area contributed by atoms with Gasteiger partial charge in [-0.25, -0.2) is 4.39 Å². The zero-order valence-electron chi connectivity index (χ0n) is 13.3. The summed E-state index contributed by atoms with van der Waals surface area (Å²) in [6.45, 7) is -0.118. The van der Waals surface area contributed by atoms with E-state index in [1.165, 1.54) is 24.1 Å². The maximum absolute atomic E-state index is 13.3. The molecule has 3 rings (SSSR count). The van der Waals surface area contributed by atoms with Crippen LogP contribution < -0.4 is 5.32 Å². The van der Waals surface area contributed by atoms with Crippen molar-refractivity contribution < 1.29 is 14.0 Å². The lowest BCUT2D eigenvalue weighted by Crippen LogP contribution is -2.34. The summed E-state index contributed by atoms with van der Waals surface area (Å²) >= 11 is 7.37. The third-order valence-electron chi connectivity index (χ3n) is 3.57. The van der Waals surface area contributed by atoms with Gasteiger partial charge in [0.05, 0.1) is 11.6 Å². The van der Waals surface area contributed by atoms with Crippen molar-refractivity contribution in [2.24, 2.45) is 0 Å². The third kappa shape index (κ3) is 3.81. The lowest BCUT2D eigenvalue weighted by atomic mass is 10.2. The van der Waals surface area contributed by atoms with Crippen LogP contribution in [0, 0.1) is 5.82 Å². The average molecular weight is 377 g/mol. The van der Waals surface area contributed by atoms with Gasteiger partial charge in [0.2, 0.25) is 5.91 Å². The van der Waals surface area contributed by atoms with Crippen molar-refractivity contribution in [3.8, 4) is 0 Å². The third-order valence-corrected chi connectivity index (χ3v) is 5.22. The fraction of sp³-hybridized carbons (Fsp3) is 0.111. The van der Waals surface area contributed by atoms with Crippen molar-refractivity contribution in [2.75, 3.05) is 18.9 Å². The zero-order valence-corrected chi connectivity index (χ0v) is 14.8. The normalized spacial score (nSPS) is 10.7. The van der Waals surface area contributed by atoms with Gasteiger partial charge in [0.15, 0.2) is 0 Å². The van der Waals surface area contributed by atoms with Crippen LogP contribution in [-0.2, 0) is 4.79 Å². The molecule has 25 heavy (non-hydrogen) atoms. The molecule has 0 fully saturated rings. The molecule has 7 heteroatoms. The lowest BCUT2D eigenvalue weighted by Gasteiger charge is -2.16. The molecule has 0 radical (unpaired) electrons. The number of carbonyl (C=O) groups is 2. The summed E-state index contributed by atoms with van der Waals surface area (Å²) in [6, 6.07) is 13.2. The number of nitrogens with zero attached hydrogens (tertiary/aromatic N) is 1. The van der Waals surface area contributed by atoms with E-state index in [4.69, 9.17) is 11.6 Å². The van der Waals surface area contributed by atoms with Gasteiger partial charge in [-0.05, 0) is 30.3 Å². The minimum Gasteiger partial charge on any atom is -0.332 e. The van der Waals surface area contributed by atoms with Gasteiger partial charge in [-0.2, -0.15) is 0 Å². The zero-order chi connectivity index (χ0) is 18.0. The predicted molar refractivity (Wildman–Crippen MR) is 98.8 cm³/mol. The van der Waals surface area contributed by atoms with Gasteiger partial charge in [-0.1, -0.05) is 29.8 Å². The first-order chi connectivity index (χ1) is 12.0. The molecule has 1 aromatic heterocycles. The molecule has 0 saturated carbocycles. The van der Waals surface area contributed by atoms with Crippen LogP contribution in [0.1, 0.15) is 9.67 Å². The van der Waals surface area contributed by atoms with Crippen LogP contribution in [0.25, 0.3) is 10.1 Å². The Bertz CT molecular complexity index is 943. The van der Waals surface area contributed by atoms with Crippen molar-refractivity contribution in [3.05, 3.63) is 64.2 Å². The Hall–Kier alpha value is -2.44. The van der Waals surface area contributed by atoms with E-state index in [-0.39, 0.29) is 34.1 Å². The molecule has 3 aromatic rings. The molecule has 0 aliphatic heterocycles. The summed E-state index contributed by atoms with van der Waals surface area (Å²) in [5.41, 5.74) is 0.656. The second-order valence-corrected chi connectivity index (χ2v) is 6.89. The second kappa shape index (κ2) is 7.21. The van der Waals surface area contributed by atoms with Crippen LogP contribution >= 0.6 is 22.9 Å². The number of halogens is 2. The summed E-state index contributed by atoms with van der Waals surface area (Å²) < 4.78 is 13.9. The van der Waals surface area contributed by atoms with Crippen LogP contribution in [0.3, 0.4) is 0 Å². The SMILES string of the molecule is CN(CC(=O)Nc1ccccc1)C(=O)c1sc2cc(F)ccc2c1Cl. The molecular formula is C18H14ClFN2O2S. The molecule has 1 N–H and O–H groups in total. The second-order valence-electron chi connectivity index (χ2n) is 5.46. The number of thiophene rings is 1. The molecule has 2 amide bonds. The topological polar surface area (TPSA) is 49.4 Å². The van der Waals surface area contributed by atoms with Crippen LogP contribution in [0.4, 0.5) is 10.1 Å². The summed E-state index contributed by atoms with van der Waals surface area (Å²) in [5.74, 6) is -1.08. The number of para-hydroxylation sites is 1. The van der Waals surface area contributed by atoms with Gasteiger partial charge < -0.3 is 10.2 Å². The molecule has 2 aromatic carbocycles. The number of likely N-dealkylation sites (N-methyl/N-ethyl adjacent to an activating group) is 1. The molecular weight excluding hydrogens is 363 g/mol. The van der Waals surface area contributed by atoms with E-state index in [1.54, 1.807) is 30.3 Å². The molecule has 4 nitrogen and oxygen atoms in total. The average Bonchev–Trinajstić information content (AvgIpc) is 2.90. The number of fused-ring (bicyclic) bond motifs is 1. The Balaban J connectivity index is 1.74. The molecule has 1 heterocycles. The van der Waals surface area contributed by atoms with Gasteiger partial charge in [-0.3, -0.25) is 9.59 Å². The van der Waals surface area contributed by atoms with E-state index < -0.39 is 0 Å². The Morgan fingerprint density at radius 2 is 1.92 bits per heavy atom. The van der Waals surface area contributed by atoms with Gasteiger partial charge in [0.25, 0.3) is 5.91 Å². The van der Waals surface area contributed by atoms with Gasteiger partial charge in [0.1, 0.15) is 10.7 Å². The minimum atomic E-state index is -0.389. The largest absolute Gasteiger partial charge is 0.332 e. The quantitative estimate of drug-likeness (QED) is 0.733. The Morgan fingerprint density at radius 3 is 2.64 bits per heavy atom. The van der Waals surface area contributed by atoms with Crippen molar-refractivity contribution >= 4 is 50.5 Å². The molecule has 0 aliphatic rings. The number of nitrogens with one attached hydrogen (secondary N) is 1. The molecule has 0 atom stereocenters. The van der Waals surface area contributed by atoms with Crippen LogP contribution in [0.2, 0.25) is 5.02 Å². The fourth-order valence-electron chi connectivity index (χ4n) is 2.36. The summed E-state index contributed by atoms with van der Waals surface area (Å²) in [7, 11) is 1.52. The lowest BCUT2D eigenvalue weighted by molar-refractivity contribution is -0.116. The fourth-order valence-corrected chi connectivity index (χ4v) is 3.89. The molecule has 0 unspecified atom stereocenters. The maximum atomic E-state index is 13.3. The highest BCUT2D eigenvalue weighted by Crippen LogP contribution is 2.36. The highest BCUT2D eigenvalue weighted by Gasteiger charge is 2.22. The first-order valence-corrected chi connectivity index (χ1v) is 8.63. The van der Waals surface area contributed by atoms with Crippen molar-refractivity contribution in [3.63, 3.8) is 0 Å². The van der Waals surface area contributed by atoms with Crippen LogP contribution in [-0.4, -0.2) is 30.3 Å². The minimum absolute atomic E-state index is 0.118. The monoisotopic (exact) mass is 376 g/mol. The van der Waals surface area contributed by atoms with Gasteiger partial charge in [0, 0.05) is 22.8 Å².